The molecule has 0 saturated carbocycles. The Bertz CT molecular complexity index is 945. The molecule has 28 heavy (non-hydrogen) atoms. The zero-order chi connectivity index (χ0) is 20.0. The fourth-order valence-electron chi connectivity index (χ4n) is 3.04. The number of anilines is 1. The van der Waals surface area contributed by atoms with Gasteiger partial charge in [0.1, 0.15) is 0 Å². The highest BCUT2D eigenvalue weighted by Crippen LogP contribution is 2.14. The van der Waals surface area contributed by atoms with E-state index in [0.29, 0.717) is 31.7 Å². The Hall–Kier alpha value is -2.89. The molecule has 1 amide bonds. The van der Waals surface area contributed by atoms with Crippen molar-refractivity contribution in [3.8, 4) is 6.07 Å². The van der Waals surface area contributed by atoms with Gasteiger partial charge in [0, 0.05) is 31.9 Å². The number of hydrogen-bond donors (Lipinski definition) is 1. The van der Waals surface area contributed by atoms with Crippen LogP contribution in [0.15, 0.2) is 54.6 Å². The van der Waals surface area contributed by atoms with E-state index in [1.54, 1.807) is 41.3 Å². The lowest BCUT2D eigenvalue weighted by Crippen LogP contribution is -2.51. The summed E-state index contributed by atoms with van der Waals surface area (Å²) in [5.74, 6) is -0.105. The monoisotopic (exact) mass is 398 g/mol. The highest BCUT2D eigenvalue weighted by atomic mass is 32.2. The first-order valence-electron chi connectivity index (χ1n) is 9.01. The van der Waals surface area contributed by atoms with Crippen LogP contribution in [0, 0.1) is 11.3 Å². The molecule has 1 heterocycles. The molecule has 1 aliphatic rings. The van der Waals surface area contributed by atoms with E-state index in [1.807, 2.05) is 24.3 Å². The van der Waals surface area contributed by atoms with Gasteiger partial charge < -0.3 is 10.2 Å². The van der Waals surface area contributed by atoms with Crippen molar-refractivity contribution in [3.63, 3.8) is 0 Å². The molecule has 0 bridgehead atoms. The summed E-state index contributed by atoms with van der Waals surface area (Å²) in [5, 5.41) is 11.8. The Morgan fingerprint density at radius 3 is 2.25 bits per heavy atom. The second-order valence-corrected chi connectivity index (χ2v) is 8.53. The summed E-state index contributed by atoms with van der Waals surface area (Å²) >= 11 is 0. The number of nitrogens with zero attached hydrogens (tertiary/aromatic N) is 3. The average molecular weight is 398 g/mol. The van der Waals surface area contributed by atoms with Gasteiger partial charge in [-0.15, -0.1) is 0 Å². The normalized spacial score (nSPS) is 15.0. The molecule has 0 radical (unpaired) electrons. The van der Waals surface area contributed by atoms with Crippen molar-refractivity contribution in [1.29, 1.82) is 5.26 Å². The maximum Gasteiger partial charge on any atom is 0.241 e. The summed E-state index contributed by atoms with van der Waals surface area (Å²) in [7, 11) is -3.39. The number of hydrogen-bond acceptors (Lipinski definition) is 5. The zero-order valence-electron chi connectivity index (χ0n) is 15.4. The third kappa shape index (κ3) is 5.09. The topological polar surface area (TPSA) is 93.5 Å². The summed E-state index contributed by atoms with van der Waals surface area (Å²) in [4.78, 5) is 14.1. The van der Waals surface area contributed by atoms with E-state index in [0.717, 1.165) is 11.3 Å². The first-order valence-corrected chi connectivity index (χ1v) is 10.6. The van der Waals surface area contributed by atoms with Crippen molar-refractivity contribution in [2.75, 3.05) is 38.0 Å². The van der Waals surface area contributed by atoms with Crippen LogP contribution in [0.3, 0.4) is 0 Å². The van der Waals surface area contributed by atoms with Crippen molar-refractivity contribution in [3.05, 3.63) is 65.7 Å². The fraction of sp³-hybridized carbons (Fsp3) is 0.300. The van der Waals surface area contributed by atoms with E-state index < -0.39 is 10.0 Å². The molecule has 1 aliphatic heterocycles. The molecule has 1 fully saturated rings. The predicted molar refractivity (Wildman–Crippen MR) is 107 cm³/mol. The van der Waals surface area contributed by atoms with E-state index in [2.05, 4.69) is 5.32 Å². The summed E-state index contributed by atoms with van der Waals surface area (Å²) in [6.07, 6.45) is 0. The van der Waals surface area contributed by atoms with Crippen molar-refractivity contribution < 1.29 is 13.2 Å². The first-order chi connectivity index (χ1) is 13.5. The Balaban J connectivity index is 1.48. The predicted octanol–water partition coefficient (Wildman–Crippen LogP) is 1.64. The second-order valence-electron chi connectivity index (χ2n) is 6.56. The summed E-state index contributed by atoms with van der Waals surface area (Å²) in [6, 6.07) is 18.0. The molecular weight excluding hydrogens is 376 g/mol. The minimum atomic E-state index is -3.39. The van der Waals surface area contributed by atoms with Crippen molar-refractivity contribution in [1.82, 2.24) is 9.21 Å². The first kappa shape index (κ1) is 19.9. The van der Waals surface area contributed by atoms with Crippen LogP contribution < -0.4 is 5.32 Å². The van der Waals surface area contributed by atoms with Gasteiger partial charge >= 0.3 is 0 Å². The van der Waals surface area contributed by atoms with Crippen molar-refractivity contribution >= 4 is 21.6 Å². The van der Waals surface area contributed by atoms with Crippen LogP contribution in [0.4, 0.5) is 5.69 Å². The van der Waals surface area contributed by atoms with Crippen LogP contribution in [0.2, 0.25) is 0 Å². The van der Waals surface area contributed by atoms with Gasteiger partial charge in [-0.1, -0.05) is 30.3 Å². The number of carbonyl (C=O) groups excluding carboxylic acids is 1. The molecule has 8 heteroatoms. The van der Waals surface area contributed by atoms with E-state index in [4.69, 9.17) is 5.26 Å². The maximum atomic E-state index is 12.6. The van der Waals surface area contributed by atoms with E-state index >= 15 is 0 Å². The number of carbonyl (C=O) groups is 1. The highest BCUT2D eigenvalue weighted by molar-refractivity contribution is 7.88. The average Bonchev–Trinajstić information content (AvgIpc) is 2.73. The van der Waals surface area contributed by atoms with Crippen LogP contribution in [-0.2, 0) is 20.6 Å². The molecule has 0 unspecified atom stereocenters. The largest absolute Gasteiger partial charge is 0.376 e. The van der Waals surface area contributed by atoms with Gasteiger partial charge in [-0.2, -0.15) is 9.57 Å². The van der Waals surface area contributed by atoms with E-state index in [-0.39, 0.29) is 18.2 Å². The van der Waals surface area contributed by atoms with Gasteiger partial charge in [0.25, 0.3) is 0 Å². The van der Waals surface area contributed by atoms with Gasteiger partial charge in [0.2, 0.25) is 15.9 Å². The third-order valence-electron chi connectivity index (χ3n) is 4.63. The molecule has 1 N–H and O–H groups in total. The zero-order valence-corrected chi connectivity index (χ0v) is 16.2. The number of amides is 1. The van der Waals surface area contributed by atoms with E-state index in [1.165, 1.54) is 4.31 Å². The molecule has 2 aromatic rings. The Morgan fingerprint density at radius 2 is 1.64 bits per heavy atom. The SMILES string of the molecule is N#Cc1ccc(NCC(=O)N2CCN(S(=O)(=O)Cc3ccccc3)CC2)cc1. The molecule has 2 aromatic carbocycles. The molecule has 1 saturated heterocycles. The van der Waals surface area contributed by atoms with E-state index in [9.17, 15) is 13.2 Å². The molecule has 3 rings (SSSR count). The standard InChI is InChI=1S/C20H22N4O3S/c21-14-17-6-8-19(9-7-17)22-15-20(25)23-10-12-24(13-11-23)28(26,27)16-18-4-2-1-3-5-18/h1-9,22H,10-13,15-16H2. The van der Waals surface area contributed by atoms with Gasteiger partial charge in [-0.3, -0.25) is 4.79 Å². The third-order valence-corrected chi connectivity index (χ3v) is 6.48. The lowest BCUT2D eigenvalue weighted by atomic mass is 10.2. The molecular formula is C20H22N4O3S. The summed E-state index contributed by atoms with van der Waals surface area (Å²) in [5.41, 5.74) is 2.08. The van der Waals surface area contributed by atoms with Crippen molar-refractivity contribution in [2.24, 2.45) is 0 Å². The second kappa shape index (κ2) is 8.87. The smallest absolute Gasteiger partial charge is 0.241 e. The fourth-order valence-corrected chi connectivity index (χ4v) is 4.56. The molecule has 0 spiro atoms. The number of piperazine rings is 1. The highest BCUT2D eigenvalue weighted by Gasteiger charge is 2.28. The lowest BCUT2D eigenvalue weighted by molar-refractivity contribution is -0.130. The molecule has 0 aliphatic carbocycles. The van der Waals surface area contributed by atoms with Crippen LogP contribution >= 0.6 is 0 Å². The van der Waals surface area contributed by atoms with Gasteiger partial charge in [-0.25, -0.2) is 8.42 Å². The maximum absolute atomic E-state index is 12.6. The van der Waals surface area contributed by atoms with Crippen LogP contribution in [0.5, 0.6) is 0 Å². The minimum absolute atomic E-state index is 0.0258. The number of nitrogens with one attached hydrogen (secondary N) is 1. The summed E-state index contributed by atoms with van der Waals surface area (Å²) in [6.45, 7) is 1.49. The van der Waals surface area contributed by atoms with Gasteiger partial charge in [0.15, 0.2) is 0 Å². The molecule has 0 aromatic heterocycles. The van der Waals surface area contributed by atoms with Crippen LogP contribution in [-0.4, -0.2) is 56.3 Å². The molecule has 0 atom stereocenters. The molecule has 146 valence electrons. The van der Waals surface area contributed by atoms with Crippen molar-refractivity contribution in [2.45, 2.75) is 5.75 Å². The Labute approximate surface area is 165 Å². The number of sulfonamides is 1. The lowest BCUT2D eigenvalue weighted by Gasteiger charge is -2.34. The summed E-state index contributed by atoms with van der Waals surface area (Å²) < 4.78 is 26.6. The van der Waals surface area contributed by atoms with Crippen LogP contribution in [0.25, 0.3) is 0 Å². The molecule has 7 nitrogen and oxygen atoms in total. The van der Waals surface area contributed by atoms with Crippen LogP contribution in [0.1, 0.15) is 11.1 Å². The quantitative estimate of drug-likeness (QED) is 0.799. The Morgan fingerprint density at radius 1 is 1.00 bits per heavy atom. The minimum Gasteiger partial charge on any atom is -0.376 e. The van der Waals surface area contributed by atoms with Gasteiger partial charge in [-0.05, 0) is 29.8 Å². The number of rotatable bonds is 6. The van der Waals surface area contributed by atoms with Gasteiger partial charge in [0.05, 0.1) is 23.9 Å². The number of benzene rings is 2. The Kier molecular flexibility index (Phi) is 6.29. The number of nitriles is 1.